The van der Waals surface area contributed by atoms with Crippen molar-refractivity contribution in [2.24, 2.45) is 0 Å². The Morgan fingerprint density at radius 2 is 1.89 bits per heavy atom. The first-order valence-electron chi connectivity index (χ1n) is 6.51. The molecule has 2 heterocycles. The van der Waals surface area contributed by atoms with Gasteiger partial charge in [0.05, 0.1) is 12.2 Å². The molecule has 3 amide bonds. The summed E-state index contributed by atoms with van der Waals surface area (Å²) in [7, 11) is 0. The summed E-state index contributed by atoms with van der Waals surface area (Å²) >= 11 is 0. The number of carbonyl (C=O) groups excluding carboxylic acids is 2. The molecular weight excluding hydrogens is 246 g/mol. The summed E-state index contributed by atoms with van der Waals surface area (Å²) in [6.45, 7) is 7.60. The molecule has 0 aromatic carbocycles. The molecular formula is C13H19N3O3. The second-order valence-electron chi connectivity index (χ2n) is 4.91. The minimum atomic E-state index is -0.754. The predicted octanol–water partition coefficient (Wildman–Crippen LogP) is 1.90. The van der Waals surface area contributed by atoms with E-state index in [0.717, 1.165) is 5.56 Å². The van der Waals surface area contributed by atoms with Crippen LogP contribution >= 0.6 is 0 Å². The third-order valence-corrected chi connectivity index (χ3v) is 3.95. The van der Waals surface area contributed by atoms with Gasteiger partial charge in [-0.2, -0.15) is 0 Å². The monoisotopic (exact) mass is 265 g/mol. The van der Waals surface area contributed by atoms with Crippen molar-refractivity contribution in [3.05, 3.63) is 17.0 Å². The van der Waals surface area contributed by atoms with Crippen LogP contribution in [0.2, 0.25) is 0 Å². The van der Waals surface area contributed by atoms with Gasteiger partial charge in [-0.15, -0.1) is 0 Å². The van der Waals surface area contributed by atoms with E-state index in [4.69, 9.17) is 4.52 Å². The smallest absolute Gasteiger partial charge is 0.325 e. The van der Waals surface area contributed by atoms with Crippen LogP contribution in [0.3, 0.4) is 0 Å². The topological polar surface area (TPSA) is 75.4 Å². The first-order chi connectivity index (χ1) is 8.95. The number of urea groups is 1. The Balaban J connectivity index is 2.27. The standard InChI is InChI=1S/C13H19N3O3/c1-5-13(6-2)11(17)16(12(18)14-13)7-10-8(3)15-19-9(10)4/h5-7H2,1-4H3,(H,14,18). The van der Waals surface area contributed by atoms with Gasteiger partial charge in [0.2, 0.25) is 0 Å². The van der Waals surface area contributed by atoms with Crippen LogP contribution in [-0.2, 0) is 11.3 Å². The number of hydrogen-bond acceptors (Lipinski definition) is 4. The Morgan fingerprint density at radius 1 is 1.26 bits per heavy atom. The quantitative estimate of drug-likeness (QED) is 0.844. The van der Waals surface area contributed by atoms with Gasteiger partial charge in [0.1, 0.15) is 11.3 Å². The molecule has 19 heavy (non-hydrogen) atoms. The van der Waals surface area contributed by atoms with E-state index in [9.17, 15) is 9.59 Å². The van der Waals surface area contributed by atoms with Crippen molar-refractivity contribution in [3.8, 4) is 0 Å². The van der Waals surface area contributed by atoms with Gasteiger partial charge in [-0.1, -0.05) is 19.0 Å². The number of imide groups is 1. The summed E-state index contributed by atoms with van der Waals surface area (Å²) in [6, 6.07) is -0.339. The third kappa shape index (κ3) is 2.01. The zero-order chi connectivity index (χ0) is 14.2. The fourth-order valence-corrected chi connectivity index (χ4v) is 2.43. The van der Waals surface area contributed by atoms with Crippen LogP contribution in [0.25, 0.3) is 0 Å². The molecule has 0 radical (unpaired) electrons. The summed E-state index contributed by atoms with van der Waals surface area (Å²) in [5.41, 5.74) is 0.755. The molecule has 0 bridgehead atoms. The van der Waals surface area contributed by atoms with Crippen LogP contribution in [0.15, 0.2) is 4.52 Å². The lowest BCUT2D eigenvalue weighted by Crippen LogP contribution is -2.45. The highest BCUT2D eigenvalue weighted by Gasteiger charge is 2.48. The summed E-state index contributed by atoms with van der Waals surface area (Å²) in [5, 5.41) is 6.64. The molecule has 0 unspecified atom stereocenters. The van der Waals surface area contributed by atoms with Gasteiger partial charge in [-0.05, 0) is 26.7 Å². The lowest BCUT2D eigenvalue weighted by atomic mass is 9.93. The number of carbonyl (C=O) groups is 2. The molecule has 0 saturated carbocycles. The Morgan fingerprint density at radius 3 is 2.32 bits per heavy atom. The fraction of sp³-hybridized carbons (Fsp3) is 0.615. The van der Waals surface area contributed by atoms with Crippen molar-refractivity contribution in [2.45, 2.75) is 52.6 Å². The number of nitrogens with zero attached hydrogens (tertiary/aromatic N) is 2. The zero-order valence-corrected chi connectivity index (χ0v) is 11.7. The minimum absolute atomic E-state index is 0.164. The molecule has 104 valence electrons. The number of aryl methyl sites for hydroxylation is 2. The number of nitrogens with one attached hydrogen (secondary N) is 1. The van der Waals surface area contributed by atoms with Crippen molar-refractivity contribution in [1.82, 2.24) is 15.4 Å². The molecule has 0 spiro atoms. The minimum Gasteiger partial charge on any atom is -0.361 e. The van der Waals surface area contributed by atoms with Crippen LogP contribution in [-0.4, -0.2) is 27.5 Å². The highest BCUT2D eigenvalue weighted by Crippen LogP contribution is 2.27. The van der Waals surface area contributed by atoms with Crippen LogP contribution in [0.4, 0.5) is 4.79 Å². The molecule has 1 saturated heterocycles. The zero-order valence-electron chi connectivity index (χ0n) is 11.7. The molecule has 1 aromatic rings. The van der Waals surface area contributed by atoms with Gasteiger partial charge in [0.25, 0.3) is 5.91 Å². The Labute approximate surface area is 112 Å². The highest BCUT2D eigenvalue weighted by molar-refractivity contribution is 6.06. The van der Waals surface area contributed by atoms with E-state index in [1.165, 1.54) is 4.90 Å². The van der Waals surface area contributed by atoms with Gasteiger partial charge in [0.15, 0.2) is 0 Å². The second kappa shape index (κ2) is 4.68. The maximum Gasteiger partial charge on any atom is 0.325 e. The SMILES string of the molecule is CCC1(CC)NC(=O)N(Cc2c(C)noc2C)C1=O. The molecule has 6 heteroatoms. The molecule has 6 nitrogen and oxygen atoms in total. The van der Waals surface area contributed by atoms with Crippen LogP contribution in [0, 0.1) is 13.8 Å². The number of amides is 3. The second-order valence-corrected chi connectivity index (χ2v) is 4.91. The Bertz CT molecular complexity index is 498. The lowest BCUT2D eigenvalue weighted by molar-refractivity contribution is -0.132. The molecule has 0 atom stereocenters. The molecule has 1 aliphatic rings. The number of rotatable bonds is 4. The predicted molar refractivity (Wildman–Crippen MR) is 68.4 cm³/mol. The summed E-state index contributed by atoms with van der Waals surface area (Å²) < 4.78 is 5.06. The van der Waals surface area contributed by atoms with Crippen molar-refractivity contribution >= 4 is 11.9 Å². The Kier molecular flexibility index (Phi) is 3.34. The van der Waals surface area contributed by atoms with E-state index in [1.807, 2.05) is 13.8 Å². The third-order valence-electron chi connectivity index (χ3n) is 3.95. The number of hydrogen-bond donors (Lipinski definition) is 1. The van der Waals surface area contributed by atoms with Crippen molar-refractivity contribution in [2.75, 3.05) is 0 Å². The van der Waals surface area contributed by atoms with Crippen LogP contribution < -0.4 is 5.32 Å². The van der Waals surface area contributed by atoms with Gasteiger partial charge in [-0.3, -0.25) is 9.69 Å². The molecule has 0 aliphatic carbocycles. The van der Waals surface area contributed by atoms with Gasteiger partial charge >= 0.3 is 6.03 Å². The maximum atomic E-state index is 12.4. The van der Waals surface area contributed by atoms with Crippen molar-refractivity contribution in [3.63, 3.8) is 0 Å². The van der Waals surface area contributed by atoms with Gasteiger partial charge in [0, 0.05) is 5.56 Å². The summed E-state index contributed by atoms with van der Waals surface area (Å²) in [6.07, 6.45) is 1.18. The van der Waals surface area contributed by atoms with E-state index in [2.05, 4.69) is 10.5 Å². The van der Waals surface area contributed by atoms with E-state index in [-0.39, 0.29) is 18.5 Å². The largest absolute Gasteiger partial charge is 0.361 e. The van der Waals surface area contributed by atoms with Crippen LogP contribution in [0.5, 0.6) is 0 Å². The molecule has 1 aliphatic heterocycles. The fourth-order valence-electron chi connectivity index (χ4n) is 2.43. The average molecular weight is 265 g/mol. The van der Waals surface area contributed by atoms with Crippen LogP contribution in [0.1, 0.15) is 43.7 Å². The first kappa shape index (κ1) is 13.6. The van der Waals surface area contributed by atoms with Crippen molar-refractivity contribution in [1.29, 1.82) is 0 Å². The van der Waals surface area contributed by atoms with Crippen molar-refractivity contribution < 1.29 is 14.1 Å². The maximum absolute atomic E-state index is 12.4. The van der Waals surface area contributed by atoms with E-state index < -0.39 is 5.54 Å². The summed E-state index contributed by atoms with van der Waals surface area (Å²) in [4.78, 5) is 25.7. The molecule has 1 N–H and O–H groups in total. The van der Waals surface area contributed by atoms with E-state index in [1.54, 1.807) is 13.8 Å². The molecule has 1 fully saturated rings. The van der Waals surface area contributed by atoms with Gasteiger partial charge in [-0.25, -0.2) is 4.79 Å². The molecule has 1 aromatic heterocycles. The first-order valence-corrected chi connectivity index (χ1v) is 6.51. The van der Waals surface area contributed by atoms with Gasteiger partial charge < -0.3 is 9.84 Å². The average Bonchev–Trinajstić information content (AvgIpc) is 2.83. The van der Waals surface area contributed by atoms with E-state index in [0.29, 0.717) is 24.3 Å². The lowest BCUT2D eigenvalue weighted by Gasteiger charge is -2.23. The van der Waals surface area contributed by atoms with E-state index >= 15 is 0 Å². The molecule has 2 rings (SSSR count). The Hall–Kier alpha value is -1.85. The number of aromatic nitrogens is 1. The normalized spacial score (nSPS) is 18.0. The highest BCUT2D eigenvalue weighted by atomic mass is 16.5. The summed E-state index contributed by atoms with van der Waals surface area (Å²) in [5.74, 6) is 0.478.